The molecule has 0 fully saturated rings. The van der Waals surface area contributed by atoms with Crippen molar-refractivity contribution in [3.63, 3.8) is 0 Å². The molecule has 1 aliphatic rings. The third-order valence-electron chi connectivity index (χ3n) is 5.34. The van der Waals surface area contributed by atoms with Gasteiger partial charge in [-0.25, -0.2) is 0 Å². The minimum atomic E-state index is -0.151. The molecule has 0 radical (unpaired) electrons. The van der Waals surface area contributed by atoms with Gasteiger partial charge in [-0.3, -0.25) is 4.79 Å². The normalized spacial score (nSPS) is 13.0. The molecule has 0 bridgehead atoms. The van der Waals surface area contributed by atoms with Crippen LogP contribution in [0, 0.1) is 0 Å². The monoisotopic (exact) mass is 384 g/mol. The summed E-state index contributed by atoms with van der Waals surface area (Å²) in [6.07, 6.45) is 1.96. The molecule has 2 heterocycles. The summed E-state index contributed by atoms with van der Waals surface area (Å²) in [5.41, 5.74) is 4.17. The lowest BCUT2D eigenvalue weighted by Crippen LogP contribution is -2.07. The second kappa shape index (κ2) is 7.13. The molecule has 0 saturated carbocycles. The SMILES string of the molecule is COc1ccc(C(=O)c2oc3cc4c(cc3c2-c2ccccc2)CCCO4)cc1. The molecule has 0 spiro atoms. The van der Waals surface area contributed by atoms with E-state index in [-0.39, 0.29) is 5.78 Å². The Morgan fingerprint density at radius 2 is 1.79 bits per heavy atom. The van der Waals surface area contributed by atoms with Gasteiger partial charge in [0.1, 0.15) is 17.1 Å². The fourth-order valence-electron chi connectivity index (χ4n) is 3.87. The summed E-state index contributed by atoms with van der Waals surface area (Å²) >= 11 is 0. The standard InChI is InChI=1S/C25H20O4/c1-27-19-11-9-17(10-12-19)24(26)25-23(16-6-3-2-4-7-16)20-14-18-8-5-13-28-21(18)15-22(20)29-25/h2-4,6-7,9-12,14-15H,5,8,13H2,1H3. The van der Waals surface area contributed by atoms with E-state index in [0.717, 1.165) is 40.7 Å². The van der Waals surface area contributed by atoms with Crippen molar-refractivity contribution in [1.29, 1.82) is 0 Å². The number of carbonyl (C=O) groups is 1. The number of rotatable bonds is 4. The molecular weight excluding hydrogens is 364 g/mol. The molecular formula is C25H20O4. The number of furan rings is 1. The minimum absolute atomic E-state index is 0.151. The summed E-state index contributed by atoms with van der Waals surface area (Å²) in [6.45, 7) is 0.711. The number of carbonyl (C=O) groups excluding carboxylic acids is 1. The Labute approximate surface area is 168 Å². The first-order valence-electron chi connectivity index (χ1n) is 9.71. The van der Waals surface area contributed by atoms with Gasteiger partial charge < -0.3 is 13.9 Å². The molecule has 1 aliphatic heterocycles. The number of aryl methyl sites for hydroxylation is 1. The number of fused-ring (bicyclic) bond motifs is 2. The molecule has 4 heteroatoms. The van der Waals surface area contributed by atoms with Crippen molar-refractivity contribution >= 4 is 16.8 Å². The van der Waals surface area contributed by atoms with E-state index in [1.807, 2.05) is 36.4 Å². The molecule has 144 valence electrons. The third kappa shape index (κ3) is 3.07. The van der Waals surface area contributed by atoms with Crippen LogP contribution in [0.15, 0.2) is 71.1 Å². The molecule has 0 atom stereocenters. The molecule has 1 aromatic heterocycles. The van der Waals surface area contributed by atoms with Crippen LogP contribution in [0.1, 0.15) is 28.1 Å². The average Bonchev–Trinajstić information content (AvgIpc) is 3.16. The van der Waals surface area contributed by atoms with Crippen molar-refractivity contribution in [3.8, 4) is 22.6 Å². The van der Waals surface area contributed by atoms with Gasteiger partial charge in [-0.15, -0.1) is 0 Å². The fourth-order valence-corrected chi connectivity index (χ4v) is 3.87. The second-order valence-corrected chi connectivity index (χ2v) is 7.14. The molecule has 5 rings (SSSR count). The zero-order valence-corrected chi connectivity index (χ0v) is 16.1. The summed E-state index contributed by atoms with van der Waals surface area (Å²) in [5, 5.41) is 0.942. The number of benzene rings is 3. The lowest BCUT2D eigenvalue weighted by atomic mass is 9.96. The minimum Gasteiger partial charge on any atom is -0.497 e. The van der Waals surface area contributed by atoms with Crippen molar-refractivity contribution in [2.45, 2.75) is 12.8 Å². The van der Waals surface area contributed by atoms with E-state index >= 15 is 0 Å². The van der Waals surface area contributed by atoms with Crippen molar-refractivity contribution in [1.82, 2.24) is 0 Å². The molecule has 0 saturated heterocycles. The average molecular weight is 384 g/mol. The molecule has 4 nitrogen and oxygen atoms in total. The Kier molecular flexibility index (Phi) is 4.32. The van der Waals surface area contributed by atoms with Gasteiger partial charge in [-0.1, -0.05) is 30.3 Å². The van der Waals surface area contributed by atoms with E-state index < -0.39 is 0 Å². The van der Waals surface area contributed by atoms with Gasteiger partial charge in [-0.05, 0) is 54.3 Å². The van der Waals surface area contributed by atoms with Crippen LogP contribution < -0.4 is 9.47 Å². The van der Waals surface area contributed by atoms with E-state index in [2.05, 4.69) is 6.07 Å². The maximum atomic E-state index is 13.4. The van der Waals surface area contributed by atoms with E-state index in [4.69, 9.17) is 13.9 Å². The van der Waals surface area contributed by atoms with E-state index in [0.29, 0.717) is 29.3 Å². The van der Waals surface area contributed by atoms with Gasteiger partial charge in [0.2, 0.25) is 5.78 Å². The first-order chi connectivity index (χ1) is 14.2. The highest BCUT2D eigenvalue weighted by atomic mass is 16.5. The fraction of sp³-hybridized carbons (Fsp3) is 0.160. The van der Waals surface area contributed by atoms with Crippen molar-refractivity contribution in [2.75, 3.05) is 13.7 Å². The van der Waals surface area contributed by atoms with E-state index in [1.54, 1.807) is 31.4 Å². The van der Waals surface area contributed by atoms with Gasteiger partial charge in [0.25, 0.3) is 0 Å². The molecule has 3 aromatic carbocycles. The van der Waals surface area contributed by atoms with Gasteiger partial charge >= 0.3 is 0 Å². The van der Waals surface area contributed by atoms with Crippen LogP contribution in [-0.2, 0) is 6.42 Å². The van der Waals surface area contributed by atoms with Crippen molar-refractivity contribution in [2.24, 2.45) is 0 Å². The number of methoxy groups -OCH3 is 1. The summed E-state index contributed by atoms with van der Waals surface area (Å²) in [6, 6.07) is 21.0. The van der Waals surface area contributed by atoms with Crippen LogP contribution in [-0.4, -0.2) is 19.5 Å². The second-order valence-electron chi connectivity index (χ2n) is 7.14. The zero-order chi connectivity index (χ0) is 19.8. The van der Waals surface area contributed by atoms with Crippen LogP contribution in [0.25, 0.3) is 22.1 Å². The van der Waals surface area contributed by atoms with Crippen molar-refractivity contribution in [3.05, 3.63) is 83.6 Å². The van der Waals surface area contributed by atoms with Crippen LogP contribution in [0.3, 0.4) is 0 Å². The first kappa shape index (κ1) is 17.6. The van der Waals surface area contributed by atoms with Crippen LogP contribution >= 0.6 is 0 Å². The van der Waals surface area contributed by atoms with Crippen LogP contribution in [0.4, 0.5) is 0 Å². The summed E-state index contributed by atoms with van der Waals surface area (Å²) in [5.74, 6) is 1.75. The Balaban J connectivity index is 1.72. The first-order valence-corrected chi connectivity index (χ1v) is 9.71. The summed E-state index contributed by atoms with van der Waals surface area (Å²) in [4.78, 5) is 13.4. The van der Waals surface area contributed by atoms with E-state index in [1.165, 1.54) is 0 Å². The zero-order valence-electron chi connectivity index (χ0n) is 16.1. The number of hydrogen-bond acceptors (Lipinski definition) is 4. The maximum Gasteiger partial charge on any atom is 0.228 e. The van der Waals surface area contributed by atoms with Crippen LogP contribution in [0.5, 0.6) is 11.5 Å². The van der Waals surface area contributed by atoms with Crippen molar-refractivity contribution < 1.29 is 18.7 Å². The summed E-state index contributed by atoms with van der Waals surface area (Å²) in [7, 11) is 1.60. The lowest BCUT2D eigenvalue weighted by molar-refractivity contribution is 0.101. The topological polar surface area (TPSA) is 48.7 Å². The Hall–Kier alpha value is -3.53. The number of ether oxygens (including phenoxy) is 2. The molecule has 4 aromatic rings. The molecule has 0 amide bonds. The predicted octanol–water partition coefficient (Wildman–Crippen LogP) is 5.66. The number of ketones is 1. The molecule has 0 unspecified atom stereocenters. The third-order valence-corrected chi connectivity index (χ3v) is 5.34. The predicted molar refractivity (Wildman–Crippen MR) is 112 cm³/mol. The highest BCUT2D eigenvalue weighted by Crippen LogP contribution is 2.40. The van der Waals surface area contributed by atoms with Crippen LogP contribution in [0.2, 0.25) is 0 Å². The number of hydrogen-bond donors (Lipinski definition) is 0. The smallest absolute Gasteiger partial charge is 0.228 e. The van der Waals surface area contributed by atoms with Gasteiger partial charge in [0.15, 0.2) is 5.76 Å². The quantitative estimate of drug-likeness (QED) is 0.426. The summed E-state index contributed by atoms with van der Waals surface area (Å²) < 4.78 is 17.1. The molecule has 0 aliphatic carbocycles. The Morgan fingerprint density at radius 3 is 2.55 bits per heavy atom. The Morgan fingerprint density at radius 1 is 1.00 bits per heavy atom. The highest BCUT2D eigenvalue weighted by Gasteiger charge is 2.25. The van der Waals surface area contributed by atoms with Gasteiger partial charge in [-0.2, -0.15) is 0 Å². The largest absolute Gasteiger partial charge is 0.497 e. The van der Waals surface area contributed by atoms with Gasteiger partial charge in [0, 0.05) is 22.6 Å². The van der Waals surface area contributed by atoms with E-state index in [9.17, 15) is 4.79 Å². The Bertz CT molecular complexity index is 1190. The molecule has 29 heavy (non-hydrogen) atoms. The maximum absolute atomic E-state index is 13.4. The lowest BCUT2D eigenvalue weighted by Gasteiger charge is -2.16. The highest BCUT2D eigenvalue weighted by molar-refractivity contribution is 6.15. The van der Waals surface area contributed by atoms with Gasteiger partial charge in [0.05, 0.1) is 13.7 Å². The molecule has 0 N–H and O–H groups in total.